The van der Waals surface area contributed by atoms with Gasteiger partial charge in [-0.15, -0.1) is 25.6 Å². The molecule has 38 heavy (non-hydrogen) atoms. The van der Waals surface area contributed by atoms with Crippen LogP contribution in [0.5, 0.6) is 0 Å². The molecule has 0 saturated heterocycles. The monoisotopic (exact) mass is 598 g/mol. The largest absolute Gasteiger partial charge is 0.308 e. The van der Waals surface area contributed by atoms with Gasteiger partial charge in [0, 0.05) is 38.0 Å². The number of nitrogens with zero attached hydrogens (tertiary/aromatic N) is 4. The molecule has 0 aliphatic rings. The highest BCUT2D eigenvalue weighted by atomic mass is 35.5. The zero-order valence-corrected chi connectivity index (χ0v) is 24.7. The summed E-state index contributed by atoms with van der Waals surface area (Å²) in [5.41, 5.74) is 0.883. The van der Waals surface area contributed by atoms with Gasteiger partial charge in [0.05, 0.1) is 20.0 Å². The maximum atomic E-state index is 13.6. The van der Waals surface area contributed by atoms with Gasteiger partial charge < -0.3 is 4.90 Å². The van der Waals surface area contributed by atoms with Crippen molar-refractivity contribution in [3.05, 3.63) is 73.3 Å². The van der Waals surface area contributed by atoms with Crippen molar-refractivity contribution in [3.63, 3.8) is 0 Å². The lowest BCUT2D eigenvalue weighted by atomic mass is 10.2. The Morgan fingerprint density at radius 2 is 1.53 bits per heavy atom. The summed E-state index contributed by atoms with van der Waals surface area (Å²) in [4.78, 5) is 21.8. The van der Waals surface area contributed by atoms with Crippen LogP contribution in [-0.4, -0.2) is 83.5 Å². The van der Waals surface area contributed by atoms with E-state index in [1.54, 1.807) is 12.1 Å². The lowest BCUT2D eigenvalue weighted by molar-refractivity contribution is 0.0985. The SMILES string of the molecule is C=CCN(CC=C)S(=O)(=O)c1ccc(C(=O)N(CCN(C)C)c2nc3ccc(S(C)(=O)=O)cc3s2)cc1.Cl. The van der Waals surface area contributed by atoms with E-state index in [0.29, 0.717) is 34.0 Å². The molecule has 2 aromatic carbocycles. The summed E-state index contributed by atoms with van der Waals surface area (Å²) in [6.45, 7) is 8.37. The Balaban J connectivity index is 0.00000507. The van der Waals surface area contributed by atoms with Crippen LogP contribution in [0.2, 0.25) is 0 Å². The predicted octanol–water partition coefficient (Wildman–Crippen LogP) is 3.69. The summed E-state index contributed by atoms with van der Waals surface area (Å²) in [7, 11) is -3.41. The molecule has 0 bridgehead atoms. The second kappa shape index (κ2) is 13.0. The molecule has 9 nitrogen and oxygen atoms in total. The van der Waals surface area contributed by atoms with Crippen LogP contribution in [-0.2, 0) is 19.9 Å². The smallest absolute Gasteiger partial charge is 0.260 e. The van der Waals surface area contributed by atoms with Crippen LogP contribution in [0.25, 0.3) is 10.2 Å². The van der Waals surface area contributed by atoms with Crippen molar-refractivity contribution in [1.29, 1.82) is 0 Å². The van der Waals surface area contributed by atoms with Crippen molar-refractivity contribution in [3.8, 4) is 0 Å². The second-order valence-electron chi connectivity index (χ2n) is 8.58. The van der Waals surface area contributed by atoms with E-state index in [1.165, 1.54) is 63.0 Å². The van der Waals surface area contributed by atoms with E-state index in [0.717, 1.165) is 6.26 Å². The maximum absolute atomic E-state index is 13.6. The molecular formula is C25H31ClN4O5S3. The van der Waals surface area contributed by atoms with E-state index in [-0.39, 0.29) is 41.2 Å². The van der Waals surface area contributed by atoms with Gasteiger partial charge in [0.15, 0.2) is 15.0 Å². The first-order chi connectivity index (χ1) is 17.4. The number of benzene rings is 2. The van der Waals surface area contributed by atoms with Gasteiger partial charge in [0.2, 0.25) is 10.0 Å². The number of aromatic nitrogens is 1. The van der Waals surface area contributed by atoms with E-state index in [1.807, 2.05) is 19.0 Å². The van der Waals surface area contributed by atoms with Gasteiger partial charge in [-0.25, -0.2) is 21.8 Å². The average Bonchev–Trinajstić information content (AvgIpc) is 3.26. The van der Waals surface area contributed by atoms with E-state index in [2.05, 4.69) is 18.1 Å². The first kappa shape index (κ1) is 31.6. The average molecular weight is 599 g/mol. The summed E-state index contributed by atoms with van der Waals surface area (Å²) in [6.07, 6.45) is 4.14. The molecule has 3 rings (SSSR count). The van der Waals surface area contributed by atoms with Crippen LogP contribution in [0.3, 0.4) is 0 Å². The number of sulfonamides is 1. The van der Waals surface area contributed by atoms with Crippen molar-refractivity contribution in [2.75, 3.05) is 51.4 Å². The number of thiazole rings is 1. The number of hydrogen-bond donors (Lipinski definition) is 0. The highest BCUT2D eigenvalue weighted by molar-refractivity contribution is 7.90. The molecule has 0 saturated carbocycles. The predicted molar refractivity (Wildman–Crippen MR) is 156 cm³/mol. The molecular weight excluding hydrogens is 568 g/mol. The number of carbonyl (C=O) groups is 1. The molecule has 0 radical (unpaired) electrons. The van der Waals surface area contributed by atoms with Crippen LogP contribution in [0.15, 0.2) is 77.6 Å². The molecule has 0 aliphatic carbocycles. The van der Waals surface area contributed by atoms with Crippen molar-refractivity contribution < 1.29 is 21.6 Å². The molecule has 0 aliphatic heterocycles. The molecule has 206 valence electrons. The van der Waals surface area contributed by atoms with Crippen LogP contribution in [0.4, 0.5) is 5.13 Å². The fourth-order valence-corrected chi connectivity index (χ4v) is 6.59. The molecule has 0 spiro atoms. The quantitative estimate of drug-likeness (QED) is 0.293. The molecule has 0 unspecified atom stereocenters. The maximum Gasteiger partial charge on any atom is 0.260 e. The van der Waals surface area contributed by atoms with Gasteiger partial charge in [-0.05, 0) is 56.6 Å². The third kappa shape index (κ3) is 7.28. The fraction of sp³-hybridized carbons (Fsp3) is 0.280. The Morgan fingerprint density at radius 3 is 2.05 bits per heavy atom. The minimum atomic E-state index is -3.80. The van der Waals surface area contributed by atoms with Gasteiger partial charge in [-0.2, -0.15) is 4.31 Å². The number of rotatable bonds is 12. The topological polar surface area (TPSA) is 108 Å². The van der Waals surface area contributed by atoms with E-state index in [9.17, 15) is 21.6 Å². The van der Waals surface area contributed by atoms with Gasteiger partial charge in [-0.3, -0.25) is 9.69 Å². The van der Waals surface area contributed by atoms with E-state index >= 15 is 0 Å². The Morgan fingerprint density at radius 1 is 0.947 bits per heavy atom. The van der Waals surface area contributed by atoms with Crippen LogP contribution < -0.4 is 4.90 Å². The number of likely N-dealkylation sites (N-methyl/N-ethyl adjacent to an activating group) is 1. The third-order valence-electron chi connectivity index (χ3n) is 5.43. The van der Waals surface area contributed by atoms with E-state index in [4.69, 9.17) is 0 Å². The summed E-state index contributed by atoms with van der Waals surface area (Å²) in [5, 5.41) is 0.423. The number of hydrogen-bond acceptors (Lipinski definition) is 8. The molecule has 13 heteroatoms. The Bertz CT molecular complexity index is 1510. The number of amides is 1. The summed E-state index contributed by atoms with van der Waals surface area (Å²) >= 11 is 1.22. The highest BCUT2D eigenvalue weighted by Crippen LogP contribution is 2.31. The first-order valence-corrected chi connectivity index (χ1v) is 15.4. The number of sulfone groups is 1. The van der Waals surface area contributed by atoms with Crippen LogP contribution in [0.1, 0.15) is 10.4 Å². The standard InChI is InChI=1S/C25H30N4O5S3.ClH/c1-6-14-28(15-7-2)37(33,34)20-10-8-19(9-11-20)24(30)29(17-16-27(3)4)25-26-22-13-12-21(36(5,31)32)18-23(22)35-25;/h6-13,18H,1-2,14-17H2,3-5H3;1H. The molecule has 0 N–H and O–H groups in total. The van der Waals surface area contributed by atoms with Gasteiger partial charge in [0.1, 0.15) is 0 Å². The zero-order chi connectivity index (χ0) is 27.4. The third-order valence-corrected chi connectivity index (χ3v) is 9.43. The van der Waals surface area contributed by atoms with Crippen molar-refractivity contribution in [2.24, 2.45) is 0 Å². The summed E-state index contributed by atoms with van der Waals surface area (Å²) < 4.78 is 51.8. The lowest BCUT2D eigenvalue weighted by Crippen LogP contribution is -2.36. The fourth-order valence-electron chi connectivity index (χ4n) is 3.46. The molecule has 3 aromatic rings. The van der Waals surface area contributed by atoms with Crippen molar-refractivity contribution in [1.82, 2.24) is 14.2 Å². The number of anilines is 1. The molecule has 0 atom stereocenters. The Kier molecular flexibility index (Phi) is 10.8. The van der Waals surface area contributed by atoms with Gasteiger partial charge >= 0.3 is 0 Å². The van der Waals surface area contributed by atoms with Crippen LogP contribution >= 0.6 is 23.7 Å². The Labute approximate surface area is 234 Å². The normalized spacial score (nSPS) is 11.9. The number of fused-ring (bicyclic) bond motifs is 1. The lowest BCUT2D eigenvalue weighted by Gasteiger charge is -2.22. The Hall–Kier alpha value is -2.61. The molecule has 1 aromatic heterocycles. The minimum Gasteiger partial charge on any atom is -0.308 e. The summed E-state index contributed by atoms with van der Waals surface area (Å²) in [6, 6.07) is 10.4. The van der Waals surface area contributed by atoms with Crippen LogP contribution in [0, 0.1) is 0 Å². The first-order valence-electron chi connectivity index (χ1n) is 11.3. The minimum absolute atomic E-state index is 0. The number of halogens is 1. The molecule has 1 amide bonds. The summed E-state index contributed by atoms with van der Waals surface area (Å²) in [5.74, 6) is -0.345. The highest BCUT2D eigenvalue weighted by Gasteiger charge is 2.25. The van der Waals surface area contributed by atoms with Crippen molar-refractivity contribution >= 4 is 64.9 Å². The van der Waals surface area contributed by atoms with E-state index < -0.39 is 19.9 Å². The van der Waals surface area contributed by atoms with Gasteiger partial charge in [-0.1, -0.05) is 23.5 Å². The zero-order valence-electron chi connectivity index (χ0n) is 21.4. The second-order valence-corrected chi connectivity index (χ2v) is 13.5. The molecule has 0 fully saturated rings. The number of carbonyl (C=O) groups excluding carboxylic acids is 1. The van der Waals surface area contributed by atoms with Crippen molar-refractivity contribution in [2.45, 2.75) is 9.79 Å². The molecule has 1 heterocycles. The van der Waals surface area contributed by atoms with Gasteiger partial charge in [0.25, 0.3) is 5.91 Å².